The molecule has 2 aromatic carbocycles. The summed E-state index contributed by atoms with van der Waals surface area (Å²) >= 11 is 12.5. The van der Waals surface area contributed by atoms with Crippen LogP contribution >= 0.6 is 50.1 Å². The van der Waals surface area contributed by atoms with Crippen molar-refractivity contribution in [3.05, 3.63) is 67.2 Å². The fourth-order valence-corrected chi connectivity index (χ4v) is 3.66. The number of hydrogen-bond donors (Lipinski definition) is 0. The van der Waals surface area contributed by atoms with Crippen LogP contribution in [0.25, 0.3) is 0 Å². The molecule has 0 aliphatic rings. The van der Waals surface area contributed by atoms with Crippen LogP contribution in [0.1, 0.15) is 41.8 Å². The van der Waals surface area contributed by atoms with E-state index in [9.17, 15) is 0 Å². The second-order valence-electron chi connectivity index (χ2n) is 4.87. The van der Waals surface area contributed by atoms with Gasteiger partial charge in [0, 0.05) is 8.04 Å². The molecule has 0 N–H and O–H groups in total. The van der Waals surface area contributed by atoms with E-state index in [0.29, 0.717) is 0 Å². The first-order valence-electron chi connectivity index (χ1n) is 6.79. The van der Waals surface area contributed by atoms with E-state index in [1.165, 1.54) is 22.0 Å². The first kappa shape index (κ1) is 16.3. The van der Waals surface area contributed by atoms with E-state index in [4.69, 9.17) is 11.6 Å². The summed E-state index contributed by atoms with van der Waals surface area (Å²) in [7, 11) is 0. The Morgan fingerprint density at radius 2 is 1.85 bits per heavy atom. The van der Waals surface area contributed by atoms with Crippen molar-refractivity contribution < 1.29 is 0 Å². The summed E-state index contributed by atoms with van der Waals surface area (Å²) in [5.74, 6) is 0. The number of halogens is 3. The van der Waals surface area contributed by atoms with Gasteiger partial charge in [-0.3, -0.25) is 0 Å². The van der Waals surface area contributed by atoms with Crippen LogP contribution in [-0.2, 0) is 6.42 Å². The first-order valence-corrected chi connectivity index (χ1v) is 9.10. The molecule has 0 saturated carbocycles. The molecule has 2 aromatic rings. The molecular weight excluding hydrogens is 446 g/mol. The van der Waals surface area contributed by atoms with E-state index in [2.05, 4.69) is 81.8 Å². The monoisotopic (exact) mass is 462 g/mol. The summed E-state index contributed by atoms with van der Waals surface area (Å²) in [6, 6.07) is 14.9. The van der Waals surface area contributed by atoms with E-state index in [1.807, 2.05) is 6.07 Å². The standard InChI is InChI=1S/C17H17BrClI/c1-2-3-4-12-5-7-13(8-6-12)17(19)15-11-14(18)9-10-16(15)20/h5-11,17H,2-4H2,1H3. The molecule has 3 heteroatoms. The van der Waals surface area contributed by atoms with Crippen LogP contribution in [0.15, 0.2) is 46.9 Å². The molecule has 0 nitrogen and oxygen atoms in total. The van der Waals surface area contributed by atoms with Crippen LogP contribution in [-0.4, -0.2) is 0 Å². The van der Waals surface area contributed by atoms with E-state index < -0.39 is 0 Å². The van der Waals surface area contributed by atoms with Crippen molar-refractivity contribution in [2.24, 2.45) is 0 Å². The second kappa shape index (κ2) is 7.81. The highest BCUT2D eigenvalue weighted by atomic mass is 127. The van der Waals surface area contributed by atoms with E-state index in [0.717, 1.165) is 22.0 Å². The van der Waals surface area contributed by atoms with Crippen LogP contribution in [0.5, 0.6) is 0 Å². The Balaban J connectivity index is 2.20. The summed E-state index contributed by atoms with van der Waals surface area (Å²) in [4.78, 5) is 0. The van der Waals surface area contributed by atoms with Gasteiger partial charge < -0.3 is 0 Å². The molecule has 0 spiro atoms. The van der Waals surface area contributed by atoms with Crippen molar-refractivity contribution in [2.75, 3.05) is 0 Å². The molecule has 0 aliphatic carbocycles. The van der Waals surface area contributed by atoms with Crippen molar-refractivity contribution in [1.82, 2.24) is 0 Å². The van der Waals surface area contributed by atoms with Gasteiger partial charge in [0.05, 0.1) is 5.38 Å². The molecule has 20 heavy (non-hydrogen) atoms. The molecule has 0 bridgehead atoms. The molecule has 106 valence electrons. The average Bonchev–Trinajstić information content (AvgIpc) is 2.47. The quantitative estimate of drug-likeness (QED) is 0.341. The van der Waals surface area contributed by atoms with Gasteiger partial charge in [-0.1, -0.05) is 53.5 Å². The third kappa shape index (κ3) is 4.22. The Morgan fingerprint density at radius 3 is 2.50 bits per heavy atom. The van der Waals surface area contributed by atoms with Gasteiger partial charge in [0.15, 0.2) is 0 Å². The molecule has 0 radical (unpaired) electrons. The Hall–Kier alpha value is -0.0600. The number of hydrogen-bond acceptors (Lipinski definition) is 0. The molecule has 1 atom stereocenters. The molecule has 0 aliphatic heterocycles. The Morgan fingerprint density at radius 1 is 1.15 bits per heavy atom. The third-order valence-electron chi connectivity index (χ3n) is 3.32. The maximum atomic E-state index is 6.64. The summed E-state index contributed by atoms with van der Waals surface area (Å²) in [6.45, 7) is 2.22. The van der Waals surface area contributed by atoms with Crippen LogP contribution in [0, 0.1) is 3.57 Å². The van der Waals surface area contributed by atoms with Crippen LogP contribution in [0.2, 0.25) is 0 Å². The molecule has 2 rings (SSSR count). The molecule has 0 fully saturated rings. The van der Waals surface area contributed by atoms with Crippen molar-refractivity contribution >= 4 is 50.1 Å². The van der Waals surface area contributed by atoms with Gasteiger partial charge in [-0.25, -0.2) is 0 Å². The average molecular weight is 464 g/mol. The maximum absolute atomic E-state index is 6.64. The molecular formula is C17H17BrClI. The highest BCUT2D eigenvalue weighted by Gasteiger charge is 2.14. The predicted octanol–water partition coefficient (Wildman–Crippen LogP) is 6.72. The fraction of sp³-hybridized carbons (Fsp3) is 0.294. The van der Waals surface area contributed by atoms with Crippen LogP contribution in [0.3, 0.4) is 0 Å². The predicted molar refractivity (Wildman–Crippen MR) is 99.6 cm³/mol. The molecule has 0 saturated heterocycles. The van der Waals surface area contributed by atoms with Gasteiger partial charge in [0.2, 0.25) is 0 Å². The summed E-state index contributed by atoms with van der Waals surface area (Å²) < 4.78 is 2.26. The summed E-state index contributed by atoms with van der Waals surface area (Å²) in [6.07, 6.45) is 3.63. The van der Waals surface area contributed by atoms with Gasteiger partial charge in [0.1, 0.15) is 0 Å². The molecule has 0 heterocycles. The maximum Gasteiger partial charge on any atom is 0.0846 e. The molecule has 0 aromatic heterocycles. The van der Waals surface area contributed by atoms with Gasteiger partial charge in [0.25, 0.3) is 0 Å². The van der Waals surface area contributed by atoms with E-state index >= 15 is 0 Å². The largest absolute Gasteiger partial charge is 0.113 e. The number of unbranched alkanes of at least 4 members (excludes halogenated alkanes) is 1. The minimum absolute atomic E-state index is 0.0976. The zero-order valence-corrected chi connectivity index (χ0v) is 15.9. The molecule has 0 amide bonds. The zero-order valence-electron chi connectivity index (χ0n) is 11.4. The second-order valence-corrected chi connectivity index (χ2v) is 7.39. The van der Waals surface area contributed by atoms with Crippen molar-refractivity contribution in [2.45, 2.75) is 31.6 Å². The Labute approximate surface area is 148 Å². The lowest BCUT2D eigenvalue weighted by Gasteiger charge is -2.13. The lowest BCUT2D eigenvalue weighted by Crippen LogP contribution is -1.97. The van der Waals surface area contributed by atoms with E-state index in [-0.39, 0.29) is 5.38 Å². The van der Waals surface area contributed by atoms with Crippen molar-refractivity contribution in [3.63, 3.8) is 0 Å². The lowest BCUT2D eigenvalue weighted by atomic mass is 10.0. The zero-order chi connectivity index (χ0) is 14.5. The topological polar surface area (TPSA) is 0 Å². The number of alkyl halides is 1. The van der Waals surface area contributed by atoms with Crippen molar-refractivity contribution in [3.8, 4) is 0 Å². The van der Waals surface area contributed by atoms with Gasteiger partial charge in [-0.15, -0.1) is 11.6 Å². The first-order chi connectivity index (χ1) is 9.61. The summed E-state index contributed by atoms with van der Waals surface area (Å²) in [5.41, 5.74) is 3.70. The third-order valence-corrected chi connectivity index (χ3v) is 5.29. The van der Waals surface area contributed by atoms with Gasteiger partial charge in [-0.2, -0.15) is 0 Å². The minimum atomic E-state index is -0.0976. The van der Waals surface area contributed by atoms with E-state index in [1.54, 1.807) is 0 Å². The highest BCUT2D eigenvalue weighted by Crippen LogP contribution is 2.33. The smallest absolute Gasteiger partial charge is 0.0846 e. The summed E-state index contributed by atoms with van der Waals surface area (Å²) in [5, 5.41) is -0.0976. The van der Waals surface area contributed by atoms with Crippen LogP contribution < -0.4 is 0 Å². The SMILES string of the molecule is CCCCc1ccc(C(Cl)c2cc(Br)ccc2I)cc1. The minimum Gasteiger partial charge on any atom is -0.113 e. The van der Waals surface area contributed by atoms with Crippen molar-refractivity contribution in [1.29, 1.82) is 0 Å². The lowest BCUT2D eigenvalue weighted by molar-refractivity contribution is 0.794. The van der Waals surface area contributed by atoms with Gasteiger partial charge >= 0.3 is 0 Å². The Bertz CT molecular complexity index is 566. The van der Waals surface area contributed by atoms with Gasteiger partial charge in [-0.05, 0) is 70.3 Å². The van der Waals surface area contributed by atoms with Crippen LogP contribution in [0.4, 0.5) is 0 Å². The highest BCUT2D eigenvalue weighted by molar-refractivity contribution is 14.1. The normalized spacial score (nSPS) is 12.4. The molecule has 1 unspecified atom stereocenters. The Kier molecular flexibility index (Phi) is 6.37. The number of aryl methyl sites for hydroxylation is 1. The fourth-order valence-electron chi connectivity index (χ4n) is 2.12. The number of benzene rings is 2. The number of rotatable bonds is 5.